The summed E-state index contributed by atoms with van der Waals surface area (Å²) in [6, 6.07) is 15.6. The topological polar surface area (TPSA) is 49.4 Å². The molecule has 0 saturated carbocycles. The van der Waals surface area contributed by atoms with Gasteiger partial charge in [0.2, 0.25) is 11.8 Å². The van der Waals surface area contributed by atoms with Crippen molar-refractivity contribution in [3.8, 4) is 0 Å². The molecule has 2 rings (SSSR count). The van der Waals surface area contributed by atoms with Gasteiger partial charge in [-0.1, -0.05) is 58.0 Å². The summed E-state index contributed by atoms with van der Waals surface area (Å²) >= 11 is 0. The van der Waals surface area contributed by atoms with Crippen molar-refractivity contribution in [1.82, 2.24) is 0 Å². The Labute approximate surface area is 156 Å². The molecule has 0 aliphatic carbocycles. The molecule has 0 radical (unpaired) electrons. The number of anilines is 2. The summed E-state index contributed by atoms with van der Waals surface area (Å²) in [5, 5.41) is 2.94. The van der Waals surface area contributed by atoms with Gasteiger partial charge in [-0.2, -0.15) is 0 Å². The number of nitrogens with zero attached hydrogens (tertiary/aromatic N) is 1. The molecular weight excluding hydrogens is 324 g/mol. The van der Waals surface area contributed by atoms with Crippen LogP contribution in [0.1, 0.15) is 57.6 Å². The summed E-state index contributed by atoms with van der Waals surface area (Å²) < 4.78 is 0. The second kappa shape index (κ2) is 8.65. The average molecular weight is 352 g/mol. The van der Waals surface area contributed by atoms with Crippen molar-refractivity contribution in [2.45, 2.75) is 46.5 Å². The van der Waals surface area contributed by atoms with Gasteiger partial charge in [-0.25, -0.2) is 0 Å². The second-order valence-corrected chi connectivity index (χ2v) is 7.14. The van der Waals surface area contributed by atoms with E-state index in [1.165, 1.54) is 17.4 Å². The van der Waals surface area contributed by atoms with Gasteiger partial charge in [0.1, 0.15) is 6.54 Å². The normalized spacial score (nSPS) is 10.9. The number of carbonyl (C=O) groups is 2. The monoisotopic (exact) mass is 352 g/mol. The first-order valence-electron chi connectivity index (χ1n) is 9.06. The third-order valence-electron chi connectivity index (χ3n) is 4.41. The highest BCUT2D eigenvalue weighted by Gasteiger charge is 2.17. The summed E-state index contributed by atoms with van der Waals surface area (Å²) in [7, 11) is 0. The van der Waals surface area contributed by atoms with Crippen LogP contribution in [0.4, 0.5) is 11.4 Å². The number of nitrogens with one attached hydrogen (secondary N) is 1. The zero-order valence-corrected chi connectivity index (χ0v) is 16.2. The summed E-state index contributed by atoms with van der Waals surface area (Å²) in [6.45, 7) is 9.88. The fraction of sp³-hybridized carbons (Fsp3) is 0.364. The lowest BCUT2D eigenvalue weighted by Gasteiger charge is -2.22. The molecule has 2 amide bonds. The van der Waals surface area contributed by atoms with E-state index in [4.69, 9.17) is 0 Å². The van der Waals surface area contributed by atoms with Crippen LogP contribution in [-0.4, -0.2) is 18.4 Å². The van der Waals surface area contributed by atoms with Crippen LogP contribution in [0.25, 0.3) is 0 Å². The molecule has 26 heavy (non-hydrogen) atoms. The van der Waals surface area contributed by atoms with Crippen LogP contribution in [0.5, 0.6) is 0 Å². The van der Waals surface area contributed by atoms with Crippen molar-refractivity contribution in [1.29, 1.82) is 0 Å². The Morgan fingerprint density at radius 3 is 2.08 bits per heavy atom. The Morgan fingerprint density at radius 2 is 1.54 bits per heavy atom. The quantitative estimate of drug-likeness (QED) is 0.802. The molecule has 1 N–H and O–H groups in total. The maximum atomic E-state index is 12.5. The molecular formula is C22H28N2O2. The van der Waals surface area contributed by atoms with Crippen LogP contribution in [0, 0.1) is 0 Å². The van der Waals surface area contributed by atoms with Crippen molar-refractivity contribution >= 4 is 23.2 Å². The lowest BCUT2D eigenvalue weighted by atomic mass is 10.0. The molecule has 0 heterocycles. The molecule has 0 spiro atoms. The van der Waals surface area contributed by atoms with E-state index < -0.39 is 0 Å². The third-order valence-corrected chi connectivity index (χ3v) is 4.41. The van der Waals surface area contributed by atoms with Gasteiger partial charge in [0, 0.05) is 18.3 Å². The van der Waals surface area contributed by atoms with Gasteiger partial charge in [-0.15, -0.1) is 0 Å². The lowest BCUT2D eigenvalue weighted by molar-refractivity contribution is -0.120. The molecule has 0 aromatic heterocycles. The van der Waals surface area contributed by atoms with Gasteiger partial charge >= 0.3 is 0 Å². The van der Waals surface area contributed by atoms with E-state index in [1.807, 2.05) is 48.5 Å². The van der Waals surface area contributed by atoms with Crippen LogP contribution < -0.4 is 10.2 Å². The predicted octanol–water partition coefficient (Wildman–Crippen LogP) is 4.93. The summed E-state index contributed by atoms with van der Waals surface area (Å²) in [6.07, 6.45) is 0. The van der Waals surface area contributed by atoms with Gasteiger partial charge < -0.3 is 10.2 Å². The fourth-order valence-corrected chi connectivity index (χ4v) is 2.87. The Bertz CT molecular complexity index is 764. The zero-order valence-electron chi connectivity index (χ0n) is 16.2. The third kappa shape index (κ3) is 4.94. The highest BCUT2D eigenvalue weighted by atomic mass is 16.2. The standard InChI is InChI=1S/C22H28N2O2/c1-15(2)18-10-12-19(13-11-18)24(17(5)25)14-22(26)23-21-9-7-6-8-20(21)16(3)4/h6-13,15-16H,14H2,1-5H3,(H,23,26). The number of rotatable bonds is 6. The van der Waals surface area contributed by atoms with Gasteiger partial charge in [0.25, 0.3) is 0 Å². The van der Waals surface area contributed by atoms with E-state index in [9.17, 15) is 9.59 Å². The van der Waals surface area contributed by atoms with E-state index in [1.54, 1.807) is 0 Å². The summed E-state index contributed by atoms with van der Waals surface area (Å²) in [5.41, 5.74) is 3.81. The van der Waals surface area contributed by atoms with Gasteiger partial charge in [0.15, 0.2) is 0 Å². The van der Waals surface area contributed by atoms with E-state index in [2.05, 4.69) is 33.0 Å². The average Bonchev–Trinajstić information content (AvgIpc) is 2.59. The molecule has 0 unspecified atom stereocenters. The van der Waals surface area contributed by atoms with Crippen molar-refractivity contribution in [3.63, 3.8) is 0 Å². The van der Waals surface area contributed by atoms with Crippen LogP contribution in [0.15, 0.2) is 48.5 Å². The molecule has 2 aromatic rings. The molecule has 4 heteroatoms. The Balaban J connectivity index is 2.15. The number of amides is 2. The minimum atomic E-state index is -0.207. The predicted molar refractivity (Wildman–Crippen MR) is 108 cm³/mol. The Hall–Kier alpha value is -2.62. The van der Waals surface area contributed by atoms with Crippen molar-refractivity contribution < 1.29 is 9.59 Å². The molecule has 0 bridgehead atoms. The number of carbonyl (C=O) groups excluding carboxylic acids is 2. The number of para-hydroxylation sites is 1. The van der Waals surface area contributed by atoms with Crippen LogP contribution >= 0.6 is 0 Å². The Morgan fingerprint density at radius 1 is 0.923 bits per heavy atom. The highest BCUT2D eigenvalue weighted by Crippen LogP contribution is 2.24. The number of hydrogen-bond acceptors (Lipinski definition) is 2. The molecule has 138 valence electrons. The minimum absolute atomic E-state index is 0.0111. The van der Waals surface area contributed by atoms with Crippen molar-refractivity contribution in [2.75, 3.05) is 16.8 Å². The maximum absolute atomic E-state index is 12.5. The maximum Gasteiger partial charge on any atom is 0.244 e. The van der Waals surface area contributed by atoms with Crippen LogP contribution in [0.2, 0.25) is 0 Å². The molecule has 0 aliphatic heterocycles. The lowest BCUT2D eigenvalue weighted by Crippen LogP contribution is -2.36. The van der Waals surface area contributed by atoms with Crippen LogP contribution in [0.3, 0.4) is 0 Å². The van der Waals surface area contributed by atoms with Gasteiger partial charge in [-0.3, -0.25) is 9.59 Å². The molecule has 2 aromatic carbocycles. The fourth-order valence-electron chi connectivity index (χ4n) is 2.87. The molecule has 0 saturated heterocycles. The minimum Gasteiger partial charge on any atom is -0.324 e. The van der Waals surface area contributed by atoms with E-state index >= 15 is 0 Å². The van der Waals surface area contributed by atoms with Crippen molar-refractivity contribution in [3.05, 3.63) is 59.7 Å². The first kappa shape index (κ1) is 19.7. The zero-order chi connectivity index (χ0) is 19.3. The van der Waals surface area contributed by atoms with Gasteiger partial charge in [0.05, 0.1) is 0 Å². The first-order chi connectivity index (χ1) is 12.3. The molecule has 4 nitrogen and oxygen atoms in total. The van der Waals surface area contributed by atoms with E-state index in [0.717, 1.165) is 16.9 Å². The van der Waals surface area contributed by atoms with Gasteiger partial charge in [-0.05, 0) is 41.2 Å². The van der Waals surface area contributed by atoms with E-state index in [0.29, 0.717) is 11.8 Å². The summed E-state index contributed by atoms with van der Waals surface area (Å²) in [4.78, 5) is 26.1. The van der Waals surface area contributed by atoms with Crippen LogP contribution in [-0.2, 0) is 9.59 Å². The largest absolute Gasteiger partial charge is 0.324 e. The first-order valence-corrected chi connectivity index (χ1v) is 9.06. The number of hydrogen-bond donors (Lipinski definition) is 1. The SMILES string of the molecule is CC(=O)N(CC(=O)Nc1ccccc1C(C)C)c1ccc(C(C)C)cc1. The molecule has 0 aliphatic rings. The Kier molecular flexibility index (Phi) is 6.56. The second-order valence-electron chi connectivity index (χ2n) is 7.14. The molecule has 0 fully saturated rings. The van der Waals surface area contributed by atoms with Crippen molar-refractivity contribution in [2.24, 2.45) is 0 Å². The van der Waals surface area contributed by atoms with E-state index in [-0.39, 0.29) is 18.4 Å². The number of benzene rings is 2. The smallest absolute Gasteiger partial charge is 0.244 e. The highest BCUT2D eigenvalue weighted by molar-refractivity contribution is 6.02. The molecule has 0 atom stereocenters. The summed E-state index contributed by atoms with van der Waals surface area (Å²) in [5.74, 6) is 0.362.